The lowest BCUT2D eigenvalue weighted by Gasteiger charge is -1.96. The van der Waals surface area contributed by atoms with Gasteiger partial charge in [-0.15, -0.1) is 0 Å². The Hall–Kier alpha value is -2.56. The second-order valence-electron chi connectivity index (χ2n) is 4.17. The van der Waals surface area contributed by atoms with E-state index < -0.39 is 11.6 Å². The molecule has 4 nitrogen and oxygen atoms in total. The molecule has 0 aliphatic carbocycles. The number of carbonyl (C=O) groups excluding carboxylic acids is 1. The maximum Gasteiger partial charge on any atom is 0.229 e. The summed E-state index contributed by atoms with van der Waals surface area (Å²) in [4.78, 5) is 20.0. The molecule has 0 fully saturated rings. The van der Waals surface area contributed by atoms with Gasteiger partial charge in [-0.25, -0.2) is 9.37 Å². The van der Waals surface area contributed by atoms with Crippen molar-refractivity contribution < 1.29 is 13.6 Å². The minimum atomic E-state index is -0.559. The highest BCUT2D eigenvalue weighted by molar-refractivity contribution is 6.08. The smallest absolute Gasteiger partial charge is 0.229 e. The average Bonchev–Trinajstić information content (AvgIpc) is 2.80. The third kappa shape index (κ3) is 2.10. The quantitative estimate of drug-likeness (QED) is 0.661. The highest BCUT2D eigenvalue weighted by atomic mass is 19.1. The lowest BCUT2D eigenvalue weighted by atomic mass is 10.1. The van der Waals surface area contributed by atoms with Crippen molar-refractivity contribution in [1.29, 1.82) is 0 Å². The largest absolute Gasteiger partial charge is 0.451 e. The fourth-order valence-electron chi connectivity index (χ4n) is 1.82. The molecule has 0 amide bonds. The minimum Gasteiger partial charge on any atom is -0.451 e. The number of nitrogens with zero attached hydrogens (tertiary/aromatic N) is 2. The Labute approximate surface area is 107 Å². The van der Waals surface area contributed by atoms with E-state index >= 15 is 0 Å². The predicted octanol–water partition coefficient (Wildman–Crippen LogP) is 2.90. The fourth-order valence-corrected chi connectivity index (χ4v) is 1.82. The number of hydrogen-bond acceptors (Lipinski definition) is 4. The van der Waals surface area contributed by atoms with Crippen LogP contribution in [0.4, 0.5) is 4.39 Å². The van der Waals surface area contributed by atoms with Crippen LogP contribution in [0.2, 0.25) is 0 Å². The van der Waals surface area contributed by atoms with Gasteiger partial charge in [-0.2, -0.15) is 0 Å². The first kappa shape index (κ1) is 11.5. The fraction of sp³-hybridized carbons (Fsp3) is 0.0714. The molecule has 0 aliphatic heterocycles. The number of rotatable bonds is 2. The summed E-state index contributed by atoms with van der Waals surface area (Å²) < 4.78 is 18.5. The standard InChI is InChI=1S/C14H9FN2O2/c1-8-2-3-12-11(17-8)5-13(19-12)14(18)9-4-10(15)7-16-6-9/h2-7H,1H3. The Bertz CT molecular complexity index is 780. The van der Waals surface area contributed by atoms with E-state index in [1.54, 1.807) is 18.2 Å². The molecule has 0 saturated heterocycles. The van der Waals surface area contributed by atoms with Gasteiger partial charge in [0.2, 0.25) is 5.78 Å². The monoisotopic (exact) mass is 256 g/mol. The van der Waals surface area contributed by atoms with E-state index in [4.69, 9.17) is 4.42 Å². The lowest BCUT2D eigenvalue weighted by molar-refractivity contribution is 0.101. The van der Waals surface area contributed by atoms with Gasteiger partial charge in [-0.1, -0.05) is 0 Å². The Morgan fingerprint density at radius 1 is 1.26 bits per heavy atom. The Morgan fingerprint density at radius 2 is 2.11 bits per heavy atom. The van der Waals surface area contributed by atoms with Crippen molar-refractivity contribution in [2.75, 3.05) is 0 Å². The summed E-state index contributed by atoms with van der Waals surface area (Å²) in [5, 5.41) is 0. The van der Waals surface area contributed by atoms with Crippen LogP contribution in [-0.4, -0.2) is 15.8 Å². The predicted molar refractivity (Wildman–Crippen MR) is 66.4 cm³/mol. The number of fused-ring (bicyclic) bond motifs is 1. The van der Waals surface area contributed by atoms with E-state index in [1.165, 1.54) is 6.20 Å². The van der Waals surface area contributed by atoms with Crippen LogP contribution < -0.4 is 0 Å². The third-order valence-corrected chi connectivity index (χ3v) is 2.70. The van der Waals surface area contributed by atoms with Crippen molar-refractivity contribution in [3.63, 3.8) is 0 Å². The summed E-state index contributed by atoms with van der Waals surface area (Å²) in [5.41, 5.74) is 2.11. The Morgan fingerprint density at radius 3 is 2.89 bits per heavy atom. The first-order chi connectivity index (χ1) is 9.13. The zero-order valence-electron chi connectivity index (χ0n) is 10.1. The van der Waals surface area contributed by atoms with Crippen LogP contribution in [0.25, 0.3) is 11.1 Å². The molecule has 3 aromatic heterocycles. The van der Waals surface area contributed by atoms with Gasteiger partial charge in [-0.3, -0.25) is 9.78 Å². The molecule has 0 radical (unpaired) electrons. The van der Waals surface area contributed by atoms with Gasteiger partial charge in [-0.05, 0) is 25.1 Å². The highest BCUT2D eigenvalue weighted by Gasteiger charge is 2.16. The van der Waals surface area contributed by atoms with E-state index in [-0.39, 0.29) is 11.3 Å². The molecule has 3 aromatic rings. The van der Waals surface area contributed by atoms with Crippen molar-refractivity contribution >= 4 is 16.9 Å². The van der Waals surface area contributed by atoms with Crippen molar-refractivity contribution in [1.82, 2.24) is 9.97 Å². The van der Waals surface area contributed by atoms with E-state index in [2.05, 4.69) is 9.97 Å². The molecule has 0 bridgehead atoms. The molecule has 0 aliphatic rings. The van der Waals surface area contributed by atoms with Gasteiger partial charge in [0, 0.05) is 23.5 Å². The second kappa shape index (κ2) is 4.28. The van der Waals surface area contributed by atoms with E-state index in [9.17, 15) is 9.18 Å². The zero-order chi connectivity index (χ0) is 13.4. The maximum atomic E-state index is 13.0. The van der Waals surface area contributed by atoms with Gasteiger partial charge in [0.1, 0.15) is 11.3 Å². The second-order valence-corrected chi connectivity index (χ2v) is 4.17. The molecule has 94 valence electrons. The molecular weight excluding hydrogens is 247 g/mol. The molecule has 3 heterocycles. The number of hydrogen-bond donors (Lipinski definition) is 0. The molecular formula is C14H9FN2O2. The van der Waals surface area contributed by atoms with E-state index in [0.717, 1.165) is 18.0 Å². The van der Waals surface area contributed by atoms with Crippen LogP contribution in [0.5, 0.6) is 0 Å². The highest BCUT2D eigenvalue weighted by Crippen LogP contribution is 2.20. The van der Waals surface area contributed by atoms with Crippen LogP contribution in [0.15, 0.2) is 41.1 Å². The molecule has 3 rings (SSSR count). The molecule has 5 heteroatoms. The summed E-state index contributed by atoms with van der Waals surface area (Å²) in [7, 11) is 0. The number of ketones is 1. The number of pyridine rings is 2. The van der Waals surface area contributed by atoms with Gasteiger partial charge >= 0.3 is 0 Å². The third-order valence-electron chi connectivity index (χ3n) is 2.70. The van der Waals surface area contributed by atoms with E-state index in [0.29, 0.717) is 11.1 Å². The average molecular weight is 256 g/mol. The van der Waals surface area contributed by atoms with Crippen LogP contribution >= 0.6 is 0 Å². The molecule has 0 atom stereocenters. The van der Waals surface area contributed by atoms with Crippen LogP contribution in [-0.2, 0) is 0 Å². The van der Waals surface area contributed by atoms with Gasteiger partial charge in [0.15, 0.2) is 11.3 Å². The summed E-state index contributed by atoms with van der Waals surface area (Å²) in [5.74, 6) is -0.848. The van der Waals surface area contributed by atoms with Crippen molar-refractivity contribution in [2.45, 2.75) is 6.92 Å². The SMILES string of the molecule is Cc1ccc2oc(C(=O)c3cncc(F)c3)cc2n1. The van der Waals surface area contributed by atoms with Crippen LogP contribution in [0.3, 0.4) is 0 Å². The Kier molecular flexibility index (Phi) is 2.59. The summed E-state index contributed by atoms with van der Waals surface area (Å²) in [6, 6.07) is 6.22. The lowest BCUT2D eigenvalue weighted by Crippen LogP contribution is -2.00. The first-order valence-corrected chi connectivity index (χ1v) is 5.66. The number of furan rings is 1. The Balaban J connectivity index is 2.06. The summed E-state index contributed by atoms with van der Waals surface area (Å²) >= 11 is 0. The minimum absolute atomic E-state index is 0.125. The van der Waals surface area contributed by atoms with E-state index in [1.807, 2.05) is 6.92 Å². The maximum absolute atomic E-state index is 13.0. The number of carbonyl (C=O) groups is 1. The zero-order valence-corrected chi connectivity index (χ0v) is 10.1. The van der Waals surface area contributed by atoms with Crippen LogP contribution in [0.1, 0.15) is 21.8 Å². The molecule has 0 spiro atoms. The molecule has 19 heavy (non-hydrogen) atoms. The summed E-state index contributed by atoms with van der Waals surface area (Å²) in [6.45, 7) is 1.85. The molecule has 0 N–H and O–H groups in total. The molecule has 0 saturated carbocycles. The topological polar surface area (TPSA) is 56.0 Å². The van der Waals surface area contributed by atoms with Gasteiger partial charge < -0.3 is 4.42 Å². The van der Waals surface area contributed by atoms with Crippen molar-refractivity contribution in [3.8, 4) is 0 Å². The number of aromatic nitrogens is 2. The van der Waals surface area contributed by atoms with Gasteiger partial charge in [0.25, 0.3) is 0 Å². The number of halogens is 1. The van der Waals surface area contributed by atoms with Crippen molar-refractivity contribution in [3.05, 3.63) is 59.5 Å². The number of aryl methyl sites for hydroxylation is 1. The molecule has 0 aromatic carbocycles. The normalized spacial score (nSPS) is 10.8. The first-order valence-electron chi connectivity index (χ1n) is 5.66. The molecule has 0 unspecified atom stereocenters. The van der Waals surface area contributed by atoms with Crippen LogP contribution in [0, 0.1) is 12.7 Å². The van der Waals surface area contributed by atoms with Gasteiger partial charge in [0.05, 0.1) is 6.20 Å². The summed E-state index contributed by atoms with van der Waals surface area (Å²) in [6.07, 6.45) is 2.34. The van der Waals surface area contributed by atoms with Crippen molar-refractivity contribution in [2.24, 2.45) is 0 Å².